The first-order valence-electron chi connectivity index (χ1n) is 6.38. The highest BCUT2D eigenvalue weighted by atomic mass is 79.9. The number of ether oxygens (including phenoxy) is 1. The highest BCUT2D eigenvalue weighted by Crippen LogP contribution is 2.35. The van der Waals surface area contributed by atoms with E-state index >= 15 is 0 Å². The molecule has 2 rings (SSSR count). The third-order valence-electron chi connectivity index (χ3n) is 3.24. The molecule has 20 heavy (non-hydrogen) atoms. The van der Waals surface area contributed by atoms with E-state index in [-0.39, 0.29) is 0 Å². The maximum Gasteiger partial charge on any atom is 0.102 e. The van der Waals surface area contributed by atoms with Crippen LogP contribution in [0.5, 0.6) is 0 Å². The molecular formula is C15H16BrN3O. The van der Waals surface area contributed by atoms with Crippen LogP contribution in [0.25, 0.3) is 11.3 Å². The van der Waals surface area contributed by atoms with E-state index in [1.807, 2.05) is 25.3 Å². The summed E-state index contributed by atoms with van der Waals surface area (Å²) >= 11 is 3.56. The fourth-order valence-corrected chi connectivity index (χ4v) is 3.08. The minimum absolute atomic E-state index is 0.682. The van der Waals surface area contributed by atoms with Crippen LogP contribution in [0.4, 0.5) is 0 Å². The van der Waals surface area contributed by atoms with Gasteiger partial charge in [-0.3, -0.25) is 4.98 Å². The van der Waals surface area contributed by atoms with E-state index in [2.05, 4.69) is 31.6 Å². The standard InChI is InChI=1S/C15H16BrN3O/c1-11-13(9-17)14(16)15(12-5-3-6-18-10-12)19(11)7-4-8-20-2/h3,5-6,10H,4,7-8H2,1-2H3. The van der Waals surface area contributed by atoms with Crippen LogP contribution in [0.1, 0.15) is 17.7 Å². The van der Waals surface area contributed by atoms with Gasteiger partial charge in [0.15, 0.2) is 0 Å². The third kappa shape index (κ3) is 2.77. The number of pyridine rings is 1. The normalized spacial score (nSPS) is 10.5. The number of hydrogen-bond donors (Lipinski definition) is 0. The smallest absolute Gasteiger partial charge is 0.102 e. The second kappa shape index (κ2) is 6.69. The summed E-state index contributed by atoms with van der Waals surface area (Å²) in [4.78, 5) is 4.16. The summed E-state index contributed by atoms with van der Waals surface area (Å²) in [5.41, 5.74) is 3.65. The number of hydrogen-bond acceptors (Lipinski definition) is 3. The first-order chi connectivity index (χ1) is 9.70. The summed E-state index contributed by atoms with van der Waals surface area (Å²) in [6.07, 6.45) is 4.46. The molecule has 0 saturated heterocycles. The van der Waals surface area contributed by atoms with Crippen LogP contribution in [0, 0.1) is 18.3 Å². The Kier molecular flexibility index (Phi) is 4.94. The summed E-state index contributed by atoms with van der Waals surface area (Å²) in [6.45, 7) is 3.48. The van der Waals surface area contributed by atoms with Crippen molar-refractivity contribution in [3.63, 3.8) is 0 Å². The maximum absolute atomic E-state index is 9.32. The lowest BCUT2D eigenvalue weighted by Crippen LogP contribution is -2.05. The van der Waals surface area contributed by atoms with E-state index in [1.165, 1.54) is 0 Å². The van der Waals surface area contributed by atoms with E-state index in [9.17, 15) is 5.26 Å². The van der Waals surface area contributed by atoms with Gasteiger partial charge in [-0.25, -0.2) is 0 Å². The summed E-state index contributed by atoms with van der Waals surface area (Å²) < 4.78 is 8.10. The molecule has 104 valence electrons. The van der Waals surface area contributed by atoms with Crippen LogP contribution in [0.3, 0.4) is 0 Å². The predicted octanol–water partition coefficient (Wildman–Crippen LogP) is 3.53. The number of nitriles is 1. The highest BCUT2D eigenvalue weighted by Gasteiger charge is 2.19. The number of methoxy groups -OCH3 is 1. The van der Waals surface area contributed by atoms with Gasteiger partial charge in [0.2, 0.25) is 0 Å². The average molecular weight is 334 g/mol. The molecule has 0 unspecified atom stereocenters. The van der Waals surface area contributed by atoms with Crippen molar-refractivity contribution >= 4 is 15.9 Å². The summed E-state index contributed by atoms with van der Waals surface area (Å²) in [5.74, 6) is 0. The number of halogens is 1. The van der Waals surface area contributed by atoms with Crippen molar-refractivity contribution in [1.82, 2.24) is 9.55 Å². The number of aromatic nitrogens is 2. The largest absolute Gasteiger partial charge is 0.385 e. The van der Waals surface area contributed by atoms with Gasteiger partial charge in [0.25, 0.3) is 0 Å². The minimum atomic E-state index is 0.682. The summed E-state index contributed by atoms with van der Waals surface area (Å²) in [7, 11) is 1.70. The molecule has 2 aromatic rings. The van der Waals surface area contributed by atoms with Gasteiger partial charge in [0.05, 0.1) is 15.7 Å². The lowest BCUT2D eigenvalue weighted by molar-refractivity contribution is 0.190. The summed E-state index contributed by atoms with van der Waals surface area (Å²) in [6, 6.07) is 6.16. The molecule has 2 aromatic heterocycles. The van der Waals surface area contributed by atoms with E-state index in [4.69, 9.17) is 4.74 Å². The second-order valence-corrected chi connectivity index (χ2v) is 5.27. The molecule has 0 saturated carbocycles. The van der Waals surface area contributed by atoms with Crippen molar-refractivity contribution in [3.05, 3.63) is 40.3 Å². The lowest BCUT2D eigenvalue weighted by Gasteiger charge is -2.11. The molecule has 0 fully saturated rings. The maximum atomic E-state index is 9.32. The zero-order valence-corrected chi connectivity index (χ0v) is 13.1. The first-order valence-corrected chi connectivity index (χ1v) is 7.18. The molecule has 0 N–H and O–H groups in total. The topological polar surface area (TPSA) is 50.8 Å². The van der Waals surface area contributed by atoms with Gasteiger partial charge in [0.1, 0.15) is 6.07 Å². The van der Waals surface area contributed by atoms with Crippen LogP contribution < -0.4 is 0 Å². The molecule has 4 nitrogen and oxygen atoms in total. The number of rotatable bonds is 5. The Balaban J connectivity index is 2.51. The van der Waals surface area contributed by atoms with Crippen LogP contribution in [0.2, 0.25) is 0 Å². The summed E-state index contributed by atoms with van der Waals surface area (Å²) in [5, 5.41) is 9.32. The van der Waals surface area contributed by atoms with Gasteiger partial charge in [-0.2, -0.15) is 5.26 Å². The van der Waals surface area contributed by atoms with Gasteiger partial charge in [-0.05, 0) is 41.4 Å². The Labute approximate surface area is 127 Å². The Morgan fingerprint density at radius 2 is 2.30 bits per heavy atom. The van der Waals surface area contributed by atoms with Gasteiger partial charge in [0, 0.05) is 43.9 Å². The fraction of sp³-hybridized carbons (Fsp3) is 0.333. The molecule has 0 aliphatic rings. The van der Waals surface area contributed by atoms with Crippen molar-refractivity contribution in [3.8, 4) is 17.3 Å². The molecule has 0 amide bonds. The molecule has 5 heteroatoms. The zero-order chi connectivity index (χ0) is 14.5. The molecule has 0 aliphatic carbocycles. The monoisotopic (exact) mass is 333 g/mol. The van der Waals surface area contributed by atoms with Gasteiger partial charge >= 0.3 is 0 Å². The van der Waals surface area contributed by atoms with Gasteiger partial charge < -0.3 is 9.30 Å². The van der Waals surface area contributed by atoms with Crippen LogP contribution in [0.15, 0.2) is 29.0 Å². The molecule has 0 aliphatic heterocycles. The van der Waals surface area contributed by atoms with Crippen molar-refractivity contribution in [2.45, 2.75) is 19.9 Å². The van der Waals surface area contributed by atoms with Crippen LogP contribution in [-0.4, -0.2) is 23.3 Å². The van der Waals surface area contributed by atoms with Crippen molar-refractivity contribution < 1.29 is 4.74 Å². The van der Waals surface area contributed by atoms with Gasteiger partial charge in [-0.1, -0.05) is 0 Å². The average Bonchev–Trinajstić information content (AvgIpc) is 2.71. The molecule has 0 spiro atoms. The third-order valence-corrected chi connectivity index (χ3v) is 4.01. The van der Waals surface area contributed by atoms with Crippen LogP contribution >= 0.6 is 15.9 Å². The Morgan fingerprint density at radius 3 is 2.90 bits per heavy atom. The van der Waals surface area contributed by atoms with Crippen molar-refractivity contribution in [2.24, 2.45) is 0 Å². The molecule has 0 bridgehead atoms. The second-order valence-electron chi connectivity index (χ2n) is 4.47. The predicted molar refractivity (Wildman–Crippen MR) is 81.3 cm³/mol. The number of nitrogens with zero attached hydrogens (tertiary/aromatic N) is 3. The Morgan fingerprint density at radius 1 is 1.50 bits per heavy atom. The molecule has 0 aromatic carbocycles. The molecular weight excluding hydrogens is 318 g/mol. The quantitative estimate of drug-likeness (QED) is 0.786. The molecule has 0 atom stereocenters. The molecule has 2 heterocycles. The first kappa shape index (κ1) is 14.8. The SMILES string of the molecule is COCCCn1c(C)c(C#N)c(Br)c1-c1cccnc1. The fourth-order valence-electron chi connectivity index (χ4n) is 2.26. The van der Waals surface area contributed by atoms with Gasteiger partial charge in [-0.15, -0.1) is 0 Å². The van der Waals surface area contributed by atoms with Crippen molar-refractivity contribution in [2.75, 3.05) is 13.7 Å². The van der Waals surface area contributed by atoms with Crippen LogP contribution in [-0.2, 0) is 11.3 Å². The Hall–Kier alpha value is -1.64. The lowest BCUT2D eigenvalue weighted by atomic mass is 10.2. The van der Waals surface area contributed by atoms with E-state index < -0.39 is 0 Å². The minimum Gasteiger partial charge on any atom is -0.385 e. The van der Waals surface area contributed by atoms with E-state index in [0.29, 0.717) is 12.2 Å². The zero-order valence-electron chi connectivity index (χ0n) is 11.6. The highest BCUT2D eigenvalue weighted by molar-refractivity contribution is 9.10. The van der Waals surface area contributed by atoms with E-state index in [1.54, 1.807) is 13.3 Å². The van der Waals surface area contributed by atoms with Crippen molar-refractivity contribution in [1.29, 1.82) is 5.26 Å². The molecule has 0 radical (unpaired) electrons. The van der Waals surface area contributed by atoms with E-state index in [0.717, 1.165) is 34.4 Å². The Bertz CT molecular complexity index is 629.